The van der Waals surface area contributed by atoms with Crippen molar-refractivity contribution in [2.24, 2.45) is 5.92 Å². The van der Waals surface area contributed by atoms with Crippen molar-refractivity contribution in [1.82, 2.24) is 0 Å². The monoisotopic (exact) mass is 414 g/mol. The number of hydrogen-bond donors (Lipinski definition) is 0. The van der Waals surface area contributed by atoms with Crippen molar-refractivity contribution in [1.29, 1.82) is 0 Å². The van der Waals surface area contributed by atoms with Gasteiger partial charge in [-0.15, -0.1) is 0 Å². The Morgan fingerprint density at radius 3 is 2.27 bits per heavy atom. The van der Waals surface area contributed by atoms with Crippen LogP contribution in [0.5, 0.6) is 5.75 Å². The van der Waals surface area contributed by atoms with E-state index >= 15 is 0 Å². The van der Waals surface area contributed by atoms with Gasteiger partial charge in [0, 0.05) is 0 Å². The van der Waals surface area contributed by atoms with Crippen molar-refractivity contribution in [2.45, 2.75) is 102 Å². The first-order valence-electron chi connectivity index (χ1n) is 12.4. The average molecular weight is 415 g/mol. The molecule has 0 atom stereocenters. The van der Waals surface area contributed by atoms with Crippen LogP contribution < -0.4 is 4.74 Å². The summed E-state index contributed by atoms with van der Waals surface area (Å²) in [7, 11) is 0. The lowest BCUT2D eigenvalue weighted by Gasteiger charge is -2.29. The maximum Gasteiger partial charge on any atom is 0.119 e. The second-order valence-corrected chi connectivity index (χ2v) is 9.38. The van der Waals surface area contributed by atoms with Crippen LogP contribution in [0.3, 0.4) is 0 Å². The normalized spacial score (nSPS) is 22.9. The van der Waals surface area contributed by atoms with Crippen LogP contribution in [-0.2, 0) is 9.78 Å². The molecule has 1 aromatic carbocycles. The SMILES string of the molecule is C=C1CCC(OOCC2CCC(c3ccc(OCCCCCCC)cc3)CC2)CC1. The van der Waals surface area contributed by atoms with E-state index in [1.165, 1.54) is 62.5 Å². The van der Waals surface area contributed by atoms with Gasteiger partial charge in [0.25, 0.3) is 0 Å². The van der Waals surface area contributed by atoms with Crippen LogP contribution in [0, 0.1) is 5.92 Å². The van der Waals surface area contributed by atoms with Gasteiger partial charge >= 0.3 is 0 Å². The third-order valence-corrected chi connectivity index (χ3v) is 6.86. The molecule has 0 unspecified atom stereocenters. The molecular weight excluding hydrogens is 372 g/mol. The first-order valence-corrected chi connectivity index (χ1v) is 12.4. The van der Waals surface area contributed by atoms with E-state index in [2.05, 4.69) is 37.8 Å². The smallest absolute Gasteiger partial charge is 0.119 e. The predicted octanol–water partition coefficient (Wildman–Crippen LogP) is 7.76. The summed E-state index contributed by atoms with van der Waals surface area (Å²) >= 11 is 0. The molecule has 0 amide bonds. The van der Waals surface area contributed by atoms with E-state index in [4.69, 9.17) is 14.5 Å². The van der Waals surface area contributed by atoms with Crippen LogP contribution in [0.4, 0.5) is 0 Å². The minimum Gasteiger partial charge on any atom is -0.494 e. The Morgan fingerprint density at radius 2 is 1.57 bits per heavy atom. The molecule has 0 N–H and O–H groups in total. The van der Waals surface area contributed by atoms with E-state index < -0.39 is 0 Å². The Labute approximate surface area is 184 Å². The summed E-state index contributed by atoms with van der Waals surface area (Å²) in [6.45, 7) is 7.90. The van der Waals surface area contributed by atoms with Gasteiger partial charge in [0.1, 0.15) is 5.75 Å². The molecule has 3 nitrogen and oxygen atoms in total. The third kappa shape index (κ3) is 8.07. The lowest BCUT2D eigenvalue weighted by Crippen LogP contribution is -2.22. The third-order valence-electron chi connectivity index (χ3n) is 6.86. The van der Waals surface area contributed by atoms with Gasteiger partial charge < -0.3 is 4.74 Å². The second-order valence-electron chi connectivity index (χ2n) is 9.38. The average Bonchev–Trinajstić information content (AvgIpc) is 2.78. The maximum atomic E-state index is 5.91. The molecule has 2 saturated carbocycles. The summed E-state index contributed by atoms with van der Waals surface area (Å²) < 4.78 is 5.91. The van der Waals surface area contributed by atoms with Crippen molar-refractivity contribution < 1.29 is 14.5 Å². The summed E-state index contributed by atoms with van der Waals surface area (Å²) in [6, 6.07) is 8.86. The van der Waals surface area contributed by atoms with Crippen LogP contribution >= 0.6 is 0 Å². The molecule has 0 heterocycles. The summed E-state index contributed by atoms with van der Waals surface area (Å²) in [5, 5.41) is 0. The molecule has 0 aromatic heterocycles. The summed E-state index contributed by atoms with van der Waals surface area (Å²) in [5.41, 5.74) is 2.82. The van der Waals surface area contributed by atoms with Gasteiger partial charge in [-0.25, -0.2) is 9.78 Å². The van der Waals surface area contributed by atoms with Crippen molar-refractivity contribution in [3.63, 3.8) is 0 Å². The minimum atomic E-state index is 0.268. The topological polar surface area (TPSA) is 27.7 Å². The van der Waals surface area contributed by atoms with Gasteiger partial charge in [-0.05, 0) is 87.3 Å². The van der Waals surface area contributed by atoms with E-state index in [9.17, 15) is 0 Å². The van der Waals surface area contributed by atoms with Crippen molar-refractivity contribution >= 4 is 0 Å². The summed E-state index contributed by atoms with van der Waals surface area (Å²) in [4.78, 5) is 11.3. The first kappa shape index (κ1) is 23.3. The van der Waals surface area contributed by atoms with Crippen LogP contribution in [-0.4, -0.2) is 19.3 Å². The molecule has 2 fully saturated rings. The first-order chi connectivity index (χ1) is 14.7. The van der Waals surface area contributed by atoms with E-state index in [-0.39, 0.29) is 6.10 Å². The highest BCUT2D eigenvalue weighted by Crippen LogP contribution is 2.36. The van der Waals surface area contributed by atoms with Crippen LogP contribution in [0.25, 0.3) is 0 Å². The Morgan fingerprint density at radius 1 is 0.867 bits per heavy atom. The van der Waals surface area contributed by atoms with Crippen molar-refractivity contribution in [3.8, 4) is 5.75 Å². The molecule has 1 aromatic rings. The van der Waals surface area contributed by atoms with Crippen LogP contribution in [0.15, 0.2) is 36.4 Å². The largest absolute Gasteiger partial charge is 0.494 e. The van der Waals surface area contributed by atoms with E-state index in [1.54, 1.807) is 0 Å². The van der Waals surface area contributed by atoms with Crippen LogP contribution in [0.1, 0.15) is 102 Å². The molecule has 0 saturated heterocycles. The number of ether oxygens (including phenoxy) is 1. The predicted molar refractivity (Wildman–Crippen MR) is 124 cm³/mol. The zero-order valence-electron chi connectivity index (χ0n) is 19.1. The molecule has 3 heteroatoms. The van der Waals surface area contributed by atoms with Gasteiger partial charge in [-0.2, -0.15) is 0 Å². The highest BCUT2D eigenvalue weighted by Gasteiger charge is 2.24. The zero-order chi connectivity index (χ0) is 21.0. The number of rotatable bonds is 12. The van der Waals surface area contributed by atoms with Crippen molar-refractivity contribution in [2.75, 3.05) is 13.2 Å². The number of hydrogen-bond acceptors (Lipinski definition) is 3. The molecule has 3 rings (SSSR count). The zero-order valence-corrected chi connectivity index (χ0v) is 19.1. The molecule has 0 radical (unpaired) electrons. The quantitative estimate of drug-likeness (QED) is 0.151. The van der Waals surface area contributed by atoms with E-state index in [1.807, 2.05) is 0 Å². The molecule has 30 heavy (non-hydrogen) atoms. The maximum absolute atomic E-state index is 5.91. The molecular formula is C27H42O3. The number of unbranched alkanes of at least 4 members (excludes halogenated alkanes) is 4. The molecule has 0 aliphatic heterocycles. The molecule has 0 spiro atoms. The Balaban J connectivity index is 1.28. The fourth-order valence-corrected chi connectivity index (χ4v) is 4.72. The lowest BCUT2D eigenvalue weighted by molar-refractivity contribution is -0.333. The van der Waals surface area contributed by atoms with Gasteiger partial charge in [0.15, 0.2) is 0 Å². The van der Waals surface area contributed by atoms with E-state index in [0.29, 0.717) is 11.8 Å². The fourth-order valence-electron chi connectivity index (χ4n) is 4.72. The lowest BCUT2D eigenvalue weighted by atomic mass is 9.79. The fraction of sp³-hybridized carbons (Fsp3) is 0.704. The molecule has 2 aliphatic carbocycles. The minimum absolute atomic E-state index is 0.268. The number of allylic oxidation sites excluding steroid dienone is 1. The standard InChI is InChI=1S/C27H42O3/c1-3-4-5-6-7-20-28-26-18-14-25(15-19-26)24-12-10-23(11-13-24)21-29-30-27-16-8-22(2)9-17-27/h14-15,18-19,23-24,27H,2-13,16-17,20-21H2,1H3. The molecule has 2 aliphatic rings. The molecule has 168 valence electrons. The van der Waals surface area contributed by atoms with Crippen LogP contribution in [0.2, 0.25) is 0 Å². The molecule has 0 bridgehead atoms. The van der Waals surface area contributed by atoms with Gasteiger partial charge in [0.05, 0.1) is 19.3 Å². The Kier molecular flexibility index (Phi) is 10.2. The highest BCUT2D eigenvalue weighted by molar-refractivity contribution is 5.29. The number of benzene rings is 1. The summed E-state index contributed by atoms with van der Waals surface area (Å²) in [5.74, 6) is 2.32. The second kappa shape index (κ2) is 13.2. The highest BCUT2D eigenvalue weighted by atomic mass is 17.2. The Bertz CT molecular complexity index is 591. The van der Waals surface area contributed by atoms with E-state index in [0.717, 1.165) is 51.1 Å². The van der Waals surface area contributed by atoms with Gasteiger partial charge in [0.2, 0.25) is 0 Å². The van der Waals surface area contributed by atoms with Crippen molar-refractivity contribution in [3.05, 3.63) is 42.0 Å². The Hall–Kier alpha value is -1.32. The summed E-state index contributed by atoms with van der Waals surface area (Å²) in [6.07, 6.45) is 15.9. The van der Waals surface area contributed by atoms with Gasteiger partial charge in [-0.1, -0.05) is 56.9 Å². The van der Waals surface area contributed by atoms with Gasteiger partial charge in [-0.3, -0.25) is 0 Å².